The van der Waals surface area contributed by atoms with Gasteiger partial charge in [0.25, 0.3) is 5.91 Å². The number of rotatable bonds is 3. The summed E-state index contributed by atoms with van der Waals surface area (Å²) in [6, 6.07) is 6.48. The van der Waals surface area contributed by atoms with Gasteiger partial charge in [-0.3, -0.25) is 4.79 Å². The molecule has 0 N–H and O–H groups in total. The van der Waals surface area contributed by atoms with Gasteiger partial charge in [0.15, 0.2) is 11.6 Å². The van der Waals surface area contributed by atoms with Crippen LogP contribution in [0.4, 0.5) is 13.2 Å². The van der Waals surface area contributed by atoms with Gasteiger partial charge in [-0.25, -0.2) is 4.98 Å². The van der Waals surface area contributed by atoms with Gasteiger partial charge in [-0.05, 0) is 31.2 Å². The molecule has 3 heterocycles. The van der Waals surface area contributed by atoms with Crippen molar-refractivity contribution in [3.63, 3.8) is 0 Å². The Kier molecular flexibility index (Phi) is 5.34. The molecule has 0 radical (unpaired) electrons. The molecular weight excluding hydrogens is 435 g/mol. The summed E-state index contributed by atoms with van der Waals surface area (Å²) in [5.74, 6) is 1.04. The molecule has 11 heteroatoms. The van der Waals surface area contributed by atoms with E-state index in [1.165, 1.54) is 17.0 Å². The Morgan fingerprint density at radius 3 is 2.65 bits per heavy atom. The summed E-state index contributed by atoms with van der Waals surface area (Å²) in [6.45, 7) is 2.23. The molecule has 31 heavy (non-hydrogen) atoms. The first kappa shape index (κ1) is 21.1. The van der Waals surface area contributed by atoms with Gasteiger partial charge in [-0.2, -0.15) is 13.2 Å². The SMILES string of the molecule is COc1ccc(-c2nnc3n2C[C@H](C)N(C(=O)c2cccc(C(F)(F)F)c2Cl)C3)nc1. The van der Waals surface area contributed by atoms with E-state index in [1.54, 1.807) is 32.4 Å². The number of methoxy groups -OCH3 is 1. The van der Waals surface area contributed by atoms with Crippen molar-refractivity contribution in [3.05, 3.63) is 58.5 Å². The van der Waals surface area contributed by atoms with Gasteiger partial charge in [0, 0.05) is 12.6 Å². The molecule has 162 valence electrons. The second-order valence-corrected chi connectivity index (χ2v) is 7.46. The molecule has 0 spiro atoms. The lowest BCUT2D eigenvalue weighted by molar-refractivity contribution is -0.137. The number of amides is 1. The molecule has 0 unspecified atom stereocenters. The summed E-state index contributed by atoms with van der Waals surface area (Å²) in [7, 11) is 1.54. The Morgan fingerprint density at radius 1 is 1.23 bits per heavy atom. The smallest absolute Gasteiger partial charge is 0.417 e. The van der Waals surface area contributed by atoms with Crippen molar-refractivity contribution in [2.45, 2.75) is 32.2 Å². The number of carbonyl (C=O) groups is 1. The van der Waals surface area contributed by atoms with E-state index in [0.29, 0.717) is 29.6 Å². The van der Waals surface area contributed by atoms with Crippen LogP contribution in [0.5, 0.6) is 5.75 Å². The maximum Gasteiger partial charge on any atom is 0.417 e. The summed E-state index contributed by atoms with van der Waals surface area (Å²) in [5, 5.41) is 7.73. The summed E-state index contributed by atoms with van der Waals surface area (Å²) >= 11 is 5.95. The monoisotopic (exact) mass is 451 g/mol. The van der Waals surface area contributed by atoms with E-state index in [0.717, 1.165) is 6.07 Å². The minimum atomic E-state index is -4.65. The standard InChI is InChI=1S/C20H17ClF3N5O2/c1-11-9-29-16(26-27-18(29)15-7-6-12(31-2)8-25-15)10-28(11)19(30)13-4-3-5-14(17(13)21)20(22,23)24/h3-8,11H,9-10H2,1-2H3/t11-/m0/s1. The Balaban J connectivity index is 1.63. The number of alkyl halides is 3. The van der Waals surface area contributed by atoms with E-state index in [1.807, 2.05) is 4.57 Å². The van der Waals surface area contributed by atoms with Crippen LogP contribution in [-0.4, -0.2) is 43.7 Å². The highest BCUT2D eigenvalue weighted by Gasteiger charge is 2.37. The molecule has 1 aliphatic rings. The number of carbonyl (C=O) groups excluding carboxylic acids is 1. The predicted molar refractivity (Wildman–Crippen MR) is 106 cm³/mol. The average Bonchev–Trinajstić information content (AvgIpc) is 3.14. The second kappa shape index (κ2) is 7.84. The lowest BCUT2D eigenvalue weighted by Gasteiger charge is -2.34. The van der Waals surface area contributed by atoms with E-state index in [-0.39, 0.29) is 18.2 Å². The fourth-order valence-electron chi connectivity index (χ4n) is 3.48. The molecule has 0 aliphatic carbocycles. The van der Waals surface area contributed by atoms with Crippen LogP contribution in [0, 0.1) is 0 Å². The first-order valence-electron chi connectivity index (χ1n) is 9.30. The van der Waals surface area contributed by atoms with Crippen molar-refractivity contribution < 1.29 is 22.7 Å². The van der Waals surface area contributed by atoms with Crippen molar-refractivity contribution in [1.29, 1.82) is 0 Å². The predicted octanol–water partition coefficient (Wildman–Crippen LogP) is 4.07. The number of ether oxygens (including phenoxy) is 1. The van der Waals surface area contributed by atoms with Crippen LogP contribution < -0.4 is 4.74 Å². The molecule has 2 aromatic heterocycles. The highest BCUT2D eigenvalue weighted by atomic mass is 35.5. The quantitative estimate of drug-likeness (QED) is 0.600. The van der Waals surface area contributed by atoms with Crippen molar-refractivity contribution in [3.8, 4) is 17.3 Å². The van der Waals surface area contributed by atoms with Crippen LogP contribution in [-0.2, 0) is 19.3 Å². The number of nitrogens with zero attached hydrogens (tertiary/aromatic N) is 5. The number of pyridine rings is 1. The summed E-state index contributed by atoms with van der Waals surface area (Å²) < 4.78 is 46.5. The molecule has 1 atom stereocenters. The maximum absolute atomic E-state index is 13.2. The average molecular weight is 452 g/mol. The fourth-order valence-corrected chi connectivity index (χ4v) is 3.79. The Bertz CT molecular complexity index is 1130. The van der Waals surface area contributed by atoms with Crippen molar-refractivity contribution in [1.82, 2.24) is 24.6 Å². The topological polar surface area (TPSA) is 73.1 Å². The number of hydrogen-bond donors (Lipinski definition) is 0. The molecule has 7 nitrogen and oxygen atoms in total. The molecule has 0 fully saturated rings. The molecule has 3 aromatic rings. The van der Waals surface area contributed by atoms with Crippen LogP contribution in [0.25, 0.3) is 11.5 Å². The van der Waals surface area contributed by atoms with Gasteiger partial charge >= 0.3 is 6.18 Å². The lowest BCUT2D eigenvalue weighted by Crippen LogP contribution is -2.45. The van der Waals surface area contributed by atoms with E-state index in [9.17, 15) is 18.0 Å². The van der Waals surface area contributed by atoms with Crippen LogP contribution in [0.1, 0.15) is 28.7 Å². The minimum absolute atomic E-state index is 0.0791. The molecule has 1 aromatic carbocycles. The normalized spacial score (nSPS) is 16.2. The van der Waals surface area contributed by atoms with Gasteiger partial charge < -0.3 is 14.2 Å². The van der Waals surface area contributed by atoms with Crippen LogP contribution >= 0.6 is 11.6 Å². The van der Waals surface area contributed by atoms with Crippen molar-refractivity contribution in [2.24, 2.45) is 0 Å². The number of aromatic nitrogens is 4. The van der Waals surface area contributed by atoms with E-state index in [2.05, 4.69) is 15.2 Å². The largest absolute Gasteiger partial charge is 0.495 e. The second-order valence-electron chi connectivity index (χ2n) is 7.08. The van der Waals surface area contributed by atoms with Gasteiger partial charge in [0.05, 0.1) is 36.0 Å². The van der Waals surface area contributed by atoms with Crippen molar-refractivity contribution in [2.75, 3.05) is 7.11 Å². The Hall–Kier alpha value is -3.14. The zero-order chi connectivity index (χ0) is 22.3. The van der Waals surface area contributed by atoms with Gasteiger partial charge in [0.2, 0.25) is 0 Å². The van der Waals surface area contributed by atoms with E-state index in [4.69, 9.17) is 16.3 Å². The molecule has 0 saturated heterocycles. The number of hydrogen-bond acceptors (Lipinski definition) is 5. The van der Waals surface area contributed by atoms with E-state index < -0.39 is 22.7 Å². The van der Waals surface area contributed by atoms with Gasteiger partial charge in [0.1, 0.15) is 11.4 Å². The van der Waals surface area contributed by atoms with Gasteiger partial charge in [-0.1, -0.05) is 17.7 Å². The van der Waals surface area contributed by atoms with E-state index >= 15 is 0 Å². The van der Waals surface area contributed by atoms with Crippen LogP contribution in [0.15, 0.2) is 36.5 Å². The third-order valence-electron chi connectivity index (χ3n) is 5.11. The number of fused-ring (bicyclic) bond motifs is 1. The fraction of sp³-hybridized carbons (Fsp3) is 0.300. The molecule has 0 bridgehead atoms. The third-order valence-corrected chi connectivity index (χ3v) is 5.52. The highest BCUT2D eigenvalue weighted by molar-refractivity contribution is 6.34. The van der Waals surface area contributed by atoms with Crippen LogP contribution in [0.2, 0.25) is 5.02 Å². The first-order chi connectivity index (χ1) is 14.7. The zero-order valence-corrected chi connectivity index (χ0v) is 17.3. The molecule has 1 amide bonds. The summed E-state index contributed by atoms with van der Waals surface area (Å²) in [4.78, 5) is 18.8. The summed E-state index contributed by atoms with van der Waals surface area (Å²) in [6.07, 6.45) is -3.09. The first-order valence-corrected chi connectivity index (χ1v) is 9.67. The Labute approximate surface area is 180 Å². The summed E-state index contributed by atoms with van der Waals surface area (Å²) in [5.41, 5.74) is -0.651. The highest BCUT2D eigenvalue weighted by Crippen LogP contribution is 2.37. The lowest BCUT2D eigenvalue weighted by atomic mass is 10.1. The number of benzene rings is 1. The molecule has 1 aliphatic heterocycles. The third kappa shape index (κ3) is 3.83. The zero-order valence-electron chi connectivity index (χ0n) is 16.5. The minimum Gasteiger partial charge on any atom is -0.495 e. The molecule has 0 saturated carbocycles. The molecular formula is C20H17ClF3N5O2. The molecule has 4 rings (SSSR count). The van der Waals surface area contributed by atoms with Crippen LogP contribution in [0.3, 0.4) is 0 Å². The number of halogens is 4. The maximum atomic E-state index is 13.2. The van der Waals surface area contributed by atoms with Gasteiger partial charge in [-0.15, -0.1) is 10.2 Å². The Morgan fingerprint density at radius 2 is 2.00 bits per heavy atom. The van der Waals surface area contributed by atoms with Crippen molar-refractivity contribution >= 4 is 17.5 Å².